The Balaban J connectivity index is 1.88. The van der Waals surface area contributed by atoms with Gasteiger partial charge in [0.05, 0.1) is 17.1 Å². The van der Waals surface area contributed by atoms with Crippen molar-refractivity contribution in [2.75, 3.05) is 5.73 Å². The number of hydrogen-bond acceptors (Lipinski definition) is 5. The predicted octanol–water partition coefficient (Wildman–Crippen LogP) is 4.87. The monoisotopic (exact) mass is 601 g/mol. The Kier molecular flexibility index (Phi) is 7.64. The minimum Gasteiger partial charge on any atom is -0.399 e. The Labute approximate surface area is 229 Å². The van der Waals surface area contributed by atoms with Crippen LogP contribution >= 0.6 is 15.9 Å². The lowest BCUT2D eigenvalue weighted by Crippen LogP contribution is -2.40. The van der Waals surface area contributed by atoms with Gasteiger partial charge in [-0.15, -0.1) is 5.10 Å². The van der Waals surface area contributed by atoms with Gasteiger partial charge in [0.25, 0.3) is 0 Å². The third-order valence-corrected chi connectivity index (χ3v) is 8.28. The number of aromatic nitrogens is 3. The summed E-state index contributed by atoms with van der Waals surface area (Å²) < 4.78 is 47.9. The molecule has 3 N–H and O–H groups in total. The van der Waals surface area contributed by atoms with E-state index in [0.29, 0.717) is 39.2 Å². The quantitative estimate of drug-likeness (QED) is 0.293. The smallest absolute Gasteiger partial charge is 0.351 e. The maximum atomic E-state index is 15.4. The molecule has 38 heavy (non-hydrogen) atoms. The fraction of sp³-hybridized carbons (Fsp3) is 0.259. The first kappa shape index (κ1) is 27.7. The third kappa shape index (κ3) is 5.59. The molecular weight excluding hydrogens is 573 g/mol. The van der Waals surface area contributed by atoms with E-state index >= 15 is 4.39 Å². The molecule has 1 heterocycles. The normalized spacial score (nSPS) is 12.2. The highest BCUT2D eigenvalue weighted by Gasteiger charge is 2.27. The molecule has 0 saturated carbocycles. The molecule has 200 valence electrons. The summed E-state index contributed by atoms with van der Waals surface area (Å²) in [6.07, 6.45) is 0.409. The molecule has 0 fully saturated rings. The van der Waals surface area contributed by atoms with Gasteiger partial charge in [0.15, 0.2) is 0 Å². The molecule has 0 aliphatic heterocycles. The zero-order valence-corrected chi connectivity index (χ0v) is 23.9. The lowest BCUT2D eigenvalue weighted by molar-refractivity contribution is 0.491. The predicted molar refractivity (Wildman–Crippen MR) is 150 cm³/mol. The lowest BCUT2D eigenvalue weighted by Gasteiger charge is -2.22. The largest absolute Gasteiger partial charge is 0.399 e. The van der Waals surface area contributed by atoms with Gasteiger partial charge in [-0.05, 0) is 72.6 Å². The van der Waals surface area contributed by atoms with Crippen LogP contribution in [-0.4, -0.2) is 28.3 Å². The number of nitrogens with zero attached hydrogens (tertiary/aromatic N) is 3. The molecule has 11 heteroatoms. The Bertz CT molecular complexity index is 1670. The lowest BCUT2D eigenvalue weighted by atomic mass is 9.99. The van der Waals surface area contributed by atoms with Crippen LogP contribution in [0.3, 0.4) is 0 Å². The van der Waals surface area contributed by atoms with E-state index in [2.05, 4.69) is 25.8 Å². The van der Waals surface area contributed by atoms with Gasteiger partial charge >= 0.3 is 5.69 Å². The van der Waals surface area contributed by atoms with Gasteiger partial charge in [0.1, 0.15) is 11.6 Å². The van der Waals surface area contributed by atoms with E-state index < -0.39 is 27.1 Å². The highest BCUT2D eigenvalue weighted by molar-refractivity contribution is 9.10. The number of aryl methyl sites for hydroxylation is 1. The first-order chi connectivity index (χ1) is 17.8. The van der Waals surface area contributed by atoms with Crippen LogP contribution in [0.5, 0.6) is 0 Å². The Hall–Kier alpha value is -3.28. The van der Waals surface area contributed by atoms with Crippen molar-refractivity contribution in [3.8, 4) is 16.8 Å². The minimum atomic E-state index is -3.94. The summed E-state index contributed by atoms with van der Waals surface area (Å²) in [7, 11) is -3.94. The third-order valence-electron chi connectivity index (χ3n) is 5.80. The number of anilines is 1. The van der Waals surface area contributed by atoms with Gasteiger partial charge in [-0.1, -0.05) is 37.3 Å². The molecular formula is C27H29BrFN5O3S. The van der Waals surface area contributed by atoms with Crippen molar-refractivity contribution in [3.63, 3.8) is 0 Å². The molecule has 0 unspecified atom stereocenters. The number of halogens is 2. The fourth-order valence-corrected chi connectivity index (χ4v) is 6.27. The molecule has 4 aromatic rings. The van der Waals surface area contributed by atoms with Crippen molar-refractivity contribution in [1.82, 2.24) is 19.1 Å². The average molecular weight is 603 g/mol. The molecule has 0 spiro atoms. The minimum absolute atomic E-state index is 0.0178. The standard InChI is InChI=1S/C27H29BrFN5O3S/c1-5-25-31-34(23-15-17(30)13-14-21(23)28)26(35)33(25)16-20-18(10-8-11-22(20)29)19-9-6-7-12-24(19)38(36,37)32-27(2,3)4/h6-15,32H,5,16,30H2,1-4H3. The van der Waals surface area contributed by atoms with E-state index in [1.54, 1.807) is 63.2 Å². The SMILES string of the molecule is CCc1nn(-c2cc(N)ccc2Br)c(=O)n1Cc1c(F)cccc1-c1ccccc1S(=O)(=O)NC(C)(C)C. The molecule has 0 radical (unpaired) electrons. The Morgan fingerprint density at radius 1 is 1.05 bits per heavy atom. The summed E-state index contributed by atoms with van der Waals surface area (Å²) in [6, 6.07) is 15.9. The Morgan fingerprint density at radius 3 is 2.42 bits per heavy atom. The van der Waals surface area contributed by atoms with Gasteiger partial charge in [-0.3, -0.25) is 4.57 Å². The topological polar surface area (TPSA) is 112 Å². The summed E-state index contributed by atoms with van der Waals surface area (Å²) in [5, 5.41) is 4.48. The van der Waals surface area contributed by atoms with Crippen molar-refractivity contribution in [2.45, 2.75) is 51.1 Å². The highest BCUT2D eigenvalue weighted by Crippen LogP contribution is 2.32. The van der Waals surface area contributed by atoms with Gasteiger partial charge < -0.3 is 5.73 Å². The summed E-state index contributed by atoms with van der Waals surface area (Å²) in [4.78, 5) is 13.6. The van der Waals surface area contributed by atoms with Crippen LogP contribution in [0.2, 0.25) is 0 Å². The fourth-order valence-electron chi connectivity index (χ4n) is 4.22. The number of nitrogen functional groups attached to an aromatic ring is 1. The molecule has 0 aliphatic carbocycles. The summed E-state index contributed by atoms with van der Waals surface area (Å²) in [5.41, 5.74) is 6.53. The number of benzene rings is 3. The van der Waals surface area contributed by atoms with Crippen molar-refractivity contribution >= 4 is 31.6 Å². The van der Waals surface area contributed by atoms with Crippen LogP contribution in [-0.2, 0) is 23.0 Å². The number of hydrogen-bond donors (Lipinski definition) is 2. The van der Waals surface area contributed by atoms with Crippen LogP contribution in [0.4, 0.5) is 10.1 Å². The van der Waals surface area contributed by atoms with Crippen LogP contribution in [0, 0.1) is 5.82 Å². The molecule has 0 amide bonds. The molecule has 0 saturated heterocycles. The first-order valence-corrected chi connectivity index (χ1v) is 14.2. The second-order valence-electron chi connectivity index (χ2n) is 9.88. The van der Waals surface area contributed by atoms with Gasteiger partial charge in [0, 0.05) is 33.2 Å². The molecule has 1 aromatic heterocycles. The van der Waals surface area contributed by atoms with Gasteiger partial charge in [-0.25, -0.2) is 22.3 Å². The van der Waals surface area contributed by atoms with Crippen LogP contribution in [0.25, 0.3) is 16.8 Å². The molecule has 0 atom stereocenters. The number of rotatable bonds is 7. The van der Waals surface area contributed by atoms with Crippen LogP contribution in [0.1, 0.15) is 39.1 Å². The van der Waals surface area contributed by atoms with Crippen LogP contribution < -0.4 is 16.1 Å². The molecule has 3 aromatic carbocycles. The van der Waals surface area contributed by atoms with E-state index in [-0.39, 0.29) is 17.0 Å². The zero-order chi connectivity index (χ0) is 27.8. The van der Waals surface area contributed by atoms with E-state index in [0.717, 1.165) is 0 Å². The van der Waals surface area contributed by atoms with Crippen molar-refractivity contribution in [1.29, 1.82) is 0 Å². The molecule has 0 bridgehead atoms. The summed E-state index contributed by atoms with van der Waals surface area (Å²) in [6.45, 7) is 6.94. The second kappa shape index (κ2) is 10.5. The first-order valence-electron chi connectivity index (χ1n) is 12.0. The second-order valence-corrected chi connectivity index (χ2v) is 12.4. The van der Waals surface area contributed by atoms with E-state index in [1.807, 2.05) is 6.92 Å². The zero-order valence-electron chi connectivity index (χ0n) is 21.5. The molecule has 0 aliphatic rings. The van der Waals surface area contributed by atoms with Crippen molar-refractivity contribution in [2.24, 2.45) is 0 Å². The number of nitrogens with two attached hydrogens (primary N) is 1. The van der Waals surface area contributed by atoms with Gasteiger partial charge in [-0.2, -0.15) is 4.68 Å². The van der Waals surface area contributed by atoms with Crippen molar-refractivity contribution in [3.05, 3.63) is 92.8 Å². The van der Waals surface area contributed by atoms with Gasteiger partial charge in [0.2, 0.25) is 10.0 Å². The van der Waals surface area contributed by atoms with Crippen LogP contribution in [0.15, 0.2) is 74.8 Å². The van der Waals surface area contributed by atoms with E-state index in [9.17, 15) is 13.2 Å². The van der Waals surface area contributed by atoms with E-state index in [1.165, 1.54) is 27.4 Å². The number of sulfonamides is 1. The molecule has 4 rings (SSSR count). The maximum Gasteiger partial charge on any atom is 0.351 e. The van der Waals surface area contributed by atoms with Crippen molar-refractivity contribution < 1.29 is 12.8 Å². The Morgan fingerprint density at radius 2 is 1.74 bits per heavy atom. The maximum absolute atomic E-state index is 15.4. The van der Waals surface area contributed by atoms with E-state index in [4.69, 9.17) is 5.73 Å². The highest BCUT2D eigenvalue weighted by atomic mass is 79.9. The average Bonchev–Trinajstić information content (AvgIpc) is 3.15. The summed E-state index contributed by atoms with van der Waals surface area (Å²) >= 11 is 3.44. The molecule has 8 nitrogen and oxygen atoms in total. The number of nitrogens with one attached hydrogen (secondary N) is 1. The summed E-state index contributed by atoms with van der Waals surface area (Å²) in [5.74, 6) is -0.126.